The van der Waals surface area contributed by atoms with Crippen molar-refractivity contribution >= 4 is 22.7 Å². The van der Waals surface area contributed by atoms with Gasteiger partial charge in [0.05, 0.1) is 12.8 Å². The minimum atomic E-state index is 0.187. The van der Waals surface area contributed by atoms with E-state index in [-0.39, 0.29) is 5.76 Å². The van der Waals surface area contributed by atoms with E-state index in [9.17, 15) is 5.11 Å². The summed E-state index contributed by atoms with van der Waals surface area (Å²) >= 11 is 1.55. The quantitative estimate of drug-likeness (QED) is 0.609. The van der Waals surface area contributed by atoms with Crippen LogP contribution in [-0.2, 0) is 0 Å². The van der Waals surface area contributed by atoms with Crippen LogP contribution in [0.5, 0.6) is 5.75 Å². The normalized spacial score (nSPS) is 11.8. The first-order valence-corrected chi connectivity index (χ1v) is 8.00. The lowest BCUT2D eigenvalue weighted by atomic mass is 10.1. The van der Waals surface area contributed by atoms with Crippen LogP contribution < -0.4 is 4.74 Å². The third-order valence-corrected chi connectivity index (χ3v) is 4.34. The van der Waals surface area contributed by atoms with Crippen LogP contribution in [0.4, 0.5) is 0 Å². The second kappa shape index (κ2) is 6.79. The molecule has 2 rings (SSSR count). The van der Waals surface area contributed by atoms with Crippen LogP contribution in [0.15, 0.2) is 36.2 Å². The summed E-state index contributed by atoms with van der Waals surface area (Å²) in [6.07, 6.45) is 1.66. The number of aliphatic hydroxyl groups is 1. The van der Waals surface area contributed by atoms with Crippen molar-refractivity contribution in [2.75, 3.05) is 7.11 Å². The molecular weight excluding hydrogens is 294 g/mol. The van der Waals surface area contributed by atoms with Gasteiger partial charge in [0.1, 0.15) is 16.5 Å². The van der Waals surface area contributed by atoms with Crippen molar-refractivity contribution in [1.29, 1.82) is 0 Å². The molecule has 0 fully saturated rings. The molecule has 0 spiro atoms. The number of allylic oxidation sites excluding steroid dienone is 2. The molecular formula is C18H21NO2S. The second-order valence-corrected chi connectivity index (χ2v) is 6.33. The van der Waals surface area contributed by atoms with Crippen molar-refractivity contribution in [3.8, 4) is 5.75 Å². The van der Waals surface area contributed by atoms with Gasteiger partial charge >= 0.3 is 0 Å². The number of benzene rings is 1. The van der Waals surface area contributed by atoms with Gasteiger partial charge in [0.2, 0.25) is 0 Å². The zero-order valence-electron chi connectivity index (χ0n) is 13.4. The van der Waals surface area contributed by atoms with Crippen LogP contribution >= 0.6 is 11.3 Å². The molecule has 1 N–H and O–H groups in total. The molecule has 0 bridgehead atoms. The lowest BCUT2D eigenvalue weighted by Crippen LogP contribution is -1.92. The molecule has 116 valence electrons. The zero-order valence-corrected chi connectivity index (χ0v) is 14.2. The molecule has 3 nitrogen and oxygen atoms in total. The maximum Gasteiger partial charge on any atom is 0.123 e. The van der Waals surface area contributed by atoms with Gasteiger partial charge in [-0.1, -0.05) is 20.4 Å². The minimum absolute atomic E-state index is 0.187. The van der Waals surface area contributed by atoms with Crippen molar-refractivity contribution in [1.82, 2.24) is 4.98 Å². The molecule has 0 aliphatic heterocycles. The van der Waals surface area contributed by atoms with Crippen LogP contribution in [-0.4, -0.2) is 17.2 Å². The first kappa shape index (κ1) is 16.3. The van der Waals surface area contributed by atoms with E-state index in [1.807, 2.05) is 30.5 Å². The Hall–Kier alpha value is -2.07. The average molecular weight is 315 g/mol. The highest BCUT2D eigenvalue weighted by Crippen LogP contribution is 2.27. The highest BCUT2D eigenvalue weighted by molar-refractivity contribution is 7.10. The molecule has 1 aromatic carbocycles. The highest BCUT2D eigenvalue weighted by Gasteiger charge is 2.10. The van der Waals surface area contributed by atoms with Crippen LogP contribution in [0, 0.1) is 6.92 Å². The summed E-state index contributed by atoms with van der Waals surface area (Å²) in [5, 5.41) is 13.2. The van der Waals surface area contributed by atoms with Crippen molar-refractivity contribution in [2.45, 2.75) is 26.7 Å². The van der Waals surface area contributed by atoms with E-state index in [1.54, 1.807) is 24.5 Å². The van der Waals surface area contributed by atoms with Crippen LogP contribution in [0.2, 0.25) is 0 Å². The summed E-state index contributed by atoms with van der Waals surface area (Å²) in [5.74, 6) is 1.35. The SMILES string of the molecule is C=C(/C=C(/O)c1ccc(OC)cc1C)c1nc(C(C)C)cs1. The molecule has 2 aromatic rings. The molecule has 1 heterocycles. The summed E-state index contributed by atoms with van der Waals surface area (Å²) < 4.78 is 5.18. The van der Waals surface area contributed by atoms with Crippen molar-refractivity contribution in [3.05, 3.63) is 58.1 Å². The molecule has 0 amide bonds. The molecule has 0 saturated carbocycles. The first-order chi connectivity index (χ1) is 10.4. The number of thiazole rings is 1. The topological polar surface area (TPSA) is 42.4 Å². The Morgan fingerprint density at radius 1 is 1.41 bits per heavy atom. The average Bonchev–Trinajstić information content (AvgIpc) is 2.97. The number of aromatic nitrogens is 1. The summed E-state index contributed by atoms with van der Waals surface area (Å²) in [6.45, 7) is 10.2. The van der Waals surface area contributed by atoms with Crippen molar-refractivity contribution < 1.29 is 9.84 Å². The fraction of sp³-hybridized carbons (Fsp3) is 0.278. The van der Waals surface area contributed by atoms with Gasteiger partial charge in [-0.2, -0.15) is 0 Å². The molecule has 0 saturated heterocycles. The number of hydrogen-bond donors (Lipinski definition) is 1. The Bertz CT molecular complexity index is 714. The van der Waals surface area contributed by atoms with Gasteiger partial charge in [0.15, 0.2) is 0 Å². The Labute approximate surface area is 135 Å². The molecule has 0 aliphatic carbocycles. The minimum Gasteiger partial charge on any atom is -0.507 e. The first-order valence-electron chi connectivity index (χ1n) is 7.12. The zero-order chi connectivity index (χ0) is 16.3. The van der Waals surface area contributed by atoms with Crippen molar-refractivity contribution in [3.63, 3.8) is 0 Å². The van der Waals surface area contributed by atoms with E-state index >= 15 is 0 Å². The molecule has 1 aromatic heterocycles. The van der Waals surface area contributed by atoms with E-state index in [1.165, 1.54) is 0 Å². The number of aliphatic hydroxyl groups excluding tert-OH is 1. The smallest absolute Gasteiger partial charge is 0.123 e. The monoisotopic (exact) mass is 315 g/mol. The maximum atomic E-state index is 10.3. The van der Waals surface area contributed by atoms with Gasteiger partial charge in [-0.15, -0.1) is 11.3 Å². The van der Waals surface area contributed by atoms with Gasteiger partial charge in [0.25, 0.3) is 0 Å². The van der Waals surface area contributed by atoms with Gasteiger partial charge in [-0.3, -0.25) is 0 Å². The number of rotatable bonds is 5. The molecule has 0 unspecified atom stereocenters. The van der Waals surface area contributed by atoms with Gasteiger partial charge < -0.3 is 9.84 Å². The molecule has 0 aliphatic rings. The van der Waals surface area contributed by atoms with Crippen LogP contribution in [0.3, 0.4) is 0 Å². The molecule has 0 atom stereocenters. The molecule has 4 heteroatoms. The van der Waals surface area contributed by atoms with E-state index in [0.717, 1.165) is 27.6 Å². The Morgan fingerprint density at radius 2 is 2.14 bits per heavy atom. The summed E-state index contributed by atoms with van der Waals surface area (Å²) in [7, 11) is 1.63. The predicted molar refractivity (Wildman–Crippen MR) is 93.6 cm³/mol. The maximum absolute atomic E-state index is 10.3. The highest BCUT2D eigenvalue weighted by atomic mass is 32.1. The van der Waals surface area contributed by atoms with E-state index < -0.39 is 0 Å². The van der Waals surface area contributed by atoms with Gasteiger partial charge in [-0.25, -0.2) is 4.98 Å². The fourth-order valence-corrected chi connectivity index (χ4v) is 2.98. The third kappa shape index (κ3) is 3.57. The number of nitrogens with zero attached hydrogens (tertiary/aromatic N) is 1. The van der Waals surface area contributed by atoms with Gasteiger partial charge in [-0.05, 0) is 42.7 Å². The molecule has 22 heavy (non-hydrogen) atoms. The van der Waals surface area contributed by atoms with E-state index in [0.29, 0.717) is 11.5 Å². The lowest BCUT2D eigenvalue weighted by molar-refractivity contribution is 0.414. The van der Waals surface area contributed by atoms with E-state index in [4.69, 9.17) is 4.74 Å². The Kier molecular flexibility index (Phi) is 5.03. The number of ether oxygens (including phenoxy) is 1. The molecule has 0 radical (unpaired) electrons. The summed E-state index contributed by atoms with van der Waals surface area (Å²) in [4.78, 5) is 4.55. The Morgan fingerprint density at radius 3 is 2.68 bits per heavy atom. The number of methoxy groups -OCH3 is 1. The number of hydrogen-bond acceptors (Lipinski definition) is 4. The summed E-state index contributed by atoms with van der Waals surface area (Å²) in [5.41, 5.74) is 3.48. The van der Waals surface area contributed by atoms with Crippen LogP contribution in [0.25, 0.3) is 11.3 Å². The van der Waals surface area contributed by atoms with Crippen LogP contribution in [0.1, 0.15) is 41.6 Å². The third-order valence-electron chi connectivity index (χ3n) is 3.41. The standard InChI is InChI=1S/C18H21NO2S/c1-11(2)16-10-22-18(19-16)13(4)9-17(20)15-7-6-14(21-5)8-12(15)3/h6-11,20H,4H2,1-3,5H3/b17-9+. The predicted octanol–water partition coefficient (Wildman–Crippen LogP) is 5.20. The number of aryl methyl sites for hydroxylation is 1. The van der Waals surface area contributed by atoms with Gasteiger partial charge in [0, 0.05) is 16.5 Å². The summed E-state index contributed by atoms with van der Waals surface area (Å²) in [6, 6.07) is 5.56. The lowest BCUT2D eigenvalue weighted by Gasteiger charge is -2.08. The largest absolute Gasteiger partial charge is 0.507 e. The fourth-order valence-electron chi connectivity index (χ4n) is 2.05. The van der Waals surface area contributed by atoms with Crippen molar-refractivity contribution in [2.24, 2.45) is 0 Å². The van der Waals surface area contributed by atoms with E-state index in [2.05, 4.69) is 25.4 Å². The second-order valence-electron chi connectivity index (χ2n) is 5.47. The Balaban J connectivity index is 2.25.